The molecule has 0 saturated carbocycles. The number of thiophene rings is 1. The van der Waals surface area contributed by atoms with Crippen LogP contribution in [0.4, 0.5) is 0 Å². The van der Waals surface area contributed by atoms with E-state index in [1.54, 1.807) is 0 Å². The van der Waals surface area contributed by atoms with E-state index in [4.69, 9.17) is 10.5 Å². The summed E-state index contributed by atoms with van der Waals surface area (Å²) in [6, 6.07) is 1.89. The Morgan fingerprint density at radius 2 is 2.28 bits per heavy atom. The maximum absolute atomic E-state index is 11.8. The van der Waals surface area contributed by atoms with Gasteiger partial charge in [-0.15, -0.1) is 11.3 Å². The summed E-state index contributed by atoms with van der Waals surface area (Å²) in [5.74, 6) is -0.410. The van der Waals surface area contributed by atoms with E-state index in [-0.39, 0.29) is 0 Å². The highest BCUT2D eigenvalue weighted by Crippen LogP contribution is 2.32. The SMILES string of the molecule is C[C@@H]1CCc2sc(C(=O)O[C@@H](C)C(N)=O)cc2C1. The molecule has 1 aromatic rings. The number of fused-ring (bicyclic) bond motifs is 1. The Kier molecular flexibility index (Phi) is 3.71. The number of hydrogen-bond donors (Lipinski definition) is 1. The fourth-order valence-electron chi connectivity index (χ4n) is 2.08. The molecule has 1 aromatic heterocycles. The predicted octanol–water partition coefficient (Wildman–Crippen LogP) is 1.90. The van der Waals surface area contributed by atoms with Crippen LogP contribution in [0.2, 0.25) is 0 Å². The first-order valence-corrected chi connectivity index (χ1v) is 6.91. The highest BCUT2D eigenvalue weighted by atomic mass is 32.1. The van der Waals surface area contributed by atoms with Gasteiger partial charge in [-0.1, -0.05) is 6.92 Å². The van der Waals surface area contributed by atoms with Crippen LogP contribution >= 0.6 is 11.3 Å². The van der Waals surface area contributed by atoms with Gasteiger partial charge in [-0.05, 0) is 43.7 Å². The lowest BCUT2D eigenvalue weighted by molar-refractivity contribution is -0.125. The van der Waals surface area contributed by atoms with Crippen LogP contribution in [0, 0.1) is 5.92 Å². The molecule has 18 heavy (non-hydrogen) atoms. The van der Waals surface area contributed by atoms with Crippen LogP contribution < -0.4 is 5.73 Å². The molecule has 1 aliphatic carbocycles. The number of amides is 1. The highest BCUT2D eigenvalue weighted by molar-refractivity contribution is 7.14. The molecular weight excluding hydrogens is 250 g/mol. The van der Waals surface area contributed by atoms with E-state index in [1.165, 1.54) is 35.1 Å². The number of ether oxygens (including phenoxy) is 1. The molecule has 0 aliphatic heterocycles. The van der Waals surface area contributed by atoms with Crippen molar-refractivity contribution in [2.24, 2.45) is 11.7 Å². The van der Waals surface area contributed by atoms with E-state index in [0.717, 1.165) is 12.8 Å². The zero-order valence-electron chi connectivity index (χ0n) is 10.6. The van der Waals surface area contributed by atoms with E-state index >= 15 is 0 Å². The first kappa shape index (κ1) is 13.1. The maximum Gasteiger partial charge on any atom is 0.349 e. The quantitative estimate of drug-likeness (QED) is 0.850. The molecule has 0 saturated heterocycles. The number of carbonyl (C=O) groups excluding carboxylic acids is 2. The average molecular weight is 267 g/mol. The van der Waals surface area contributed by atoms with E-state index in [2.05, 4.69) is 6.92 Å². The number of rotatable bonds is 3. The van der Waals surface area contributed by atoms with E-state index in [9.17, 15) is 9.59 Å². The lowest BCUT2D eigenvalue weighted by Gasteiger charge is -2.16. The van der Waals surface area contributed by atoms with E-state index in [1.807, 2.05) is 6.07 Å². The van der Waals surface area contributed by atoms with Crippen molar-refractivity contribution in [2.75, 3.05) is 0 Å². The molecule has 0 unspecified atom stereocenters. The van der Waals surface area contributed by atoms with Gasteiger partial charge < -0.3 is 10.5 Å². The summed E-state index contributed by atoms with van der Waals surface area (Å²) in [4.78, 5) is 24.5. The van der Waals surface area contributed by atoms with Crippen molar-refractivity contribution in [3.05, 3.63) is 21.4 Å². The molecule has 98 valence electrons. The van der Waals surface area contributed by atoms with Crippen LogP contribution in [0.3, 0.4) is 0 Å². The smallest absolute Gasteiger partial charge is 0.349 e. The second kappa shape index (κ2) is 5.10. The Bertz CT molecular complexity index is 481. The molecule has 1 aliphatic rings. The van der Waals surface area contributed by atoms with Gasteiger partial charge >= 0.3 is 5.97 Å². The van der Waals surface area contributed by atoms with Gasteiger partial charge in [0.1, 0.15) is 4.88 Å². The van der Waals surface area contributed by atoms with Gasteiger partial charge in [0.25, 0.3) is 5.91 Å². The largest absolute Gasteiger partial charge is 0.448 e. The third kappa shape index (κ3) is 2.72. The summed E-state index contributed by atoms with van der Waals surface area (Å²) in [5, 5.41) is 0. The third-order valence-electron chi connectivity index (χ3n) is 3.21. The van der Waals surface area contributed by atoms with Crippen molar-refractivity contribution >= 4 is 23.2 Å². The molecule has 0 aromatic carbocycles. The predicted molar refractivity (Wildman–Crippen MR) is 69.6 cm³/mol. The van der Waals surface area contributed by atoms with Crippen molar-refractivity contribution < 1.29 is 14.3 Å². The van der Waals surface area contributed by atoms with Crippen molar-refractivity contribution in [1.82, 2.24) is 0 Å². The molecule has 4 nitrogen and oxygen atoms in total. The molecule has 2 atom stereocenters. The van der Waals surface area contributed by atoms with Crippen LogP contribution in [0.15, 0.2) is 6.07 Å². The van der Waals surface area contributed by atoms with Crippen LogP contribution in [-0.2, 0) is 22.4 Å². The monoisotopic (exact) mass is 267 g/mol. The lowest BCUT2D eigenvalue weighted by atomic mass is 9.90. The Hall–Kier alpha value is -1.36. The van der Waals surface area contributed by atoms with Crippen molar-refractivity contribution in [3.8, 4) is 0 Å². The Morgan fingerprint density at radius 1 is 1.56 bits per heavy atom. The van der Waals surface area contributed by atoms with Gasteiger partial charge in [-0.25, -0.2) is 4.79 Å². The highest BCUT2D eigenvalue weighted by Gasteiger charge is 2.23. The normalized spacial score (nSPS) is 20.0. The van der Waals surface area contributed by atoms with Crippen LogP contribution in [-0.4, -0.2) is 18.0 Å². The molecule has 1 amide bonds. The zero-order valence-corrected chi connectivity index (χ0v) is 11.4. The number of primary amides is 1. The fraction of sp³-hybridized carbons (Fsp3) is 0.538. The van der Waals surface area contributed by atoms with Crippen LogP contribution in [0.25, 0.3) is 0 Å². The van der Waals surface area contributed by atoms with Crippen molar-refractivity contribution in [3.63, 3.8) is 0 Å². The molecule has 0 fully saturated rings. The summed E-state index contributed by atoms with van der Waals surface area (Å²) in [7, 11) is 0. The maximum atomic E-state index is 11.8. The molecule has 1 heterocycles. The van der Waals surface area contributed by atoms with Gasteiger partial charge in [0.05, 0.1) is 0 Å². The number of nitrogens with two attached hydrogens (primary N) is 1. The number of aryl methyl sites for hydroxylation is 1. The molecule has 5 heteroatoms. The second-order valence-corrected chi connectivity index (χ2v) is 5.99. The molecule has 0 bridgehead atoms. The standard InChI is InChI=1S/C13H17NO3S/c1-7-3-4-10-9(5-7)6-11(18-10)13(16)17-8(2)12(14)15/h6-8H,3-5H2,1-2H3,(H2,14,15)/t7-,8+/m1/s1. The Balaban J connectivity index is 2.10. The zero-order chi connectivity index (χ0) is 13.3. The summed E-state index contributed by atoms with van der Waals surface area (Å²) in [6.07, 6.45) is 2.33. The van der Waals surface area contributed by atoms with Gasteiger partial charge in [0.2, 0.25) is 0 Å². The van der Waals surface area contributed by atoms with E-state index in [0.29, 0.717) is 10.8 Å². The van der Waals surface area contributed by atoms with E-state index < -0.39 is 18.0 Å². The molecule has 0 radical (unpaired) electrons. The molecule has 2 N–H and O–H groups in total. The van der Waals surface area contributed by atoms with Crippen molar-refractivity contribution in [1.29, 1.82) is 0 Å². The minimum Gasteiger partial charge on any atom is -0.448 e. The van der Waals surface area contributed by atoms with Gasteiger partial charge in [0.15, 0.2) is 6.10 Å². The molecular formula is C13H17NO3S. The fourth-order valence-corrected chi connectivity index (χ4v) is 3.17. The molecule has 2 rings (SSSR count). The summed E-state index contributed by atoms with van der Waals surface area (Å²) in [5.41, 5.74) is 6.31. The molecule has 0 spiro atoms. The van der Waals surface area contributed by atoms with Gasteiger partial charge in [-0.2, -0.15) is 0 Å². The summed E-state index contributed by atoms with van der Waals surface area (Å²) in [6.45, 7) is 3.70. The Morgan fingerprint density at radius 3 is 2.94 bits per heavy atom. The third-order valence-corrected chi connectivity index (χ3v) is 4.43. The van der Waals surface area contributed by atoms with Gasteiger partial charge in [0, 0.05) is 4.88 Å². The first-order chi connectivity index (χ1) is 8.47. The second-order valence-electron chi connectivity index (χ2n) is 4.86. The number of carbonyl (C=O) groups is 2. The van der Waals surface area contributed by atoms with Crippen LogP contribution in [0.5, 0.6) is 0 Å². The van der Waals surface area contributed by atoms with Crippen LogP contribution in [0.1, 0.15) is 40.4 Å². The lowest BCUT2D eigenvalue weighted by Crippen LogP contribution is -2.30. The van der Waals surface area contributed by atoms with Gasteiger partial charge in [-0.3, -0.25) is 4.79 Å². The summed E-state index contributed by atoms with van der Waals surface area (Å²) < 4.78 is 5.00. The summed E-state index contributed by atoms with van der Waals surface area (Å²) >= 11 is 1.47. The average Bonchev–Trinajstić information content (AvgIpc) is 2.71. The minimum absolute atomic E-state index is 0.451. The number of hydrogen-bond acceptors (Lipinski definition) is 4. The minimum atomic E-state index is -0.879. The number of esters is 1. The van der Waals surface area contributed by atoms with Crippen molar-refractivity contribution in [2.45, 2.75) is 39.2 Å². The Labute approximate surface area is 110 Å². The topological polar surface area (TPSA) is 69.4 Å². The first-order valence-electron chi connectivity index (χ1n) is 6.09.